The number of benzene rings is 3. The minimum Gasteiger partial charge on any atom is -0.339 e. The number of amides is 3. The fourth-order valence-electron chi connectivity index (χ4n) is 4.37. The lowest BCUT2D eigenvalue weighted by Gasteiger charge is -2.18. The van der Waals surface area contributed by atoms with Gasteiger partial charge in [0.05, 0.1) is 4.47 Å². The SMILES string of the molecule is O=C(Nc1n[nH]c(C(=O)NC2CC/C=C(/c3ccccc3)c3ccccc3NC2=O)c1Br)c1cc(Cl)cc(Cl)c1. The first-order valence-electron chi connectivity index (χ1n) is 12.3. The summed E-state index contributed by atoms with van der Waals surface area (Å²) in [4.78, 5) is 39.2. The molecule has 0 aliphatic carbocycles. The van der Waals surface area contributed by atoms with Crippen molar-refractivity contribution in [2.75, 3.05) is 10.6 Å². The standard InChI is InChI=1S/C29H22BrCl2N5O3/c30-24-25(36-37-26(24)35-27(38)17-13-18(31)15-19(32)14-17)29(40)34-23-12-6-10-20(16-7-2-1-3-8-16)21-9-4-5-11-22(21)33-28(23)39/h1-5,7-11,13-15,23H,6,12H2,(H,33,39)(H,34,40)(H2,35,36,37,38)/b20-10-. The normalized spacial score (nSPS) is 16.3. The van der Waals surface area contributed by atoms with Gasteiger partial charge in [0.25, 0.3) is 11.8 Å². The average molecular weight is 639 g/mol. The van der Waals surface area contributed by atoms with Gasteiger partial charge in [0.15, 0.2) is 5.82 Å². The lowest BCUT2D eigenvalue weighted by atomic mass is 9.95. The molecule has 0 bridgehead atoms. The zero-order chi connectivity index (χ0) is 28.2. The number of hydrogen-bond acceptors (Lipinski definition) is 4. The molecule has 0 spiro atoms. The summed E-state index contributed by atoms with van der Waals surface area (Å²) < 4.78 is 0.228. The highest BCUT2D eigenvalue weighted by molar-refractivity contribution is 9.10. The number of anilines is 2. The molecule has 3 amide bonds. The van der Waals surface area contributed by atoms with E-state index in [0.29, 0.717) is 28.6 Å². The van der Waals surface area contributed by atoms with Crippen molar-refractivity contribution in [3.63, 3.8) is 0 Å². The van der Waals surface area contributed by atoms with E-state index in [2.05, 4.69) is 48.2 Å². The molecule has 5 rings (SSSR count). The Morgan fingerprint density at radius 2 is 1.65 bits per heavy atom. The van der Waals surface area contributed by atoms with Gasteiger partial charge in [-0.05, 0) is 64.2 Å². The highest BCUT2D eigenvalue weighted by atomic mass is 79.9. The van der Waals surface area contributed by atoms with Crippen LogP contribution in [0.3, 0.4) is 0 Å². The quantitative estimate of drug-likeness (QED) is 0.195. The van der Waals surface area contributed by atoms with E-state index in [1.54, 1.807) is 0 Å². The van der Waals surface area contributed by atoms with Gasteiger partial charge >= 0.3 is 0 Å². The minimum absolute atomic E-state index is 0.0491. The second-order valence-corrected chi connectivity index (χ2v) is 10.7. The Labute approximate surface area is 248 Å². The Kier molecular flexibility index (Phi) is 8.35. The van der Waals surface area contributed by atoms with E-state index in [1.807, 2.05) is 54.6 Å². The molecule has 4 aromatic rings. The number of carbonyl (C=O) groups excluding carboxylic acids is 3. The first-order valence-corrected chi connectivity index (χ1v) is 13.8. The lowest BCUT2D eigenvalue weighted by molar-refractivity contribution is -0.118. The van der Waals surface area contributed by atoms with Crippen LogP contribution in [0.15, 0.2) is 83.3 Å². The van der Waals surface area contributed by atoms with Crippen LogP contribution < -0.4 is 16.0 Å². The van der Waals surface area contributed by atoms with Crippen molar-refractivity contribution in [3.8, 4) is 0 Å². The van der Waals surface area contributed by atoms with E-state index in [0.717, 1.165) is 16.7 Å². The zero-order valence-electron chi connectivity index (χ0n) is 20.8. The van der Waals surface area contributed by atoms with Gasteiger partial charge in [0, 0.05) is 26.9 Å². The van der Waals surface area contributed by atoms with Crippen molar-refractivity contribution >= 4 is 73.9 Å². The van der Waals surface area contributed by atoms with Gasteiger partial charge in [-0.25, -0.2) is 0 Å². The molecule has 2 heterocycles. The van der Waals surface area contributed by atoms with Crippen LogP contribution in [-0.4, -0.2) is 34.0 Å². The van der Waals surface area contributed by atoms with Crippen LogP contribution in [0.25, 0.3) is 5.57 Å². The number of fused-ring (bicyclic) bond motifs is 1. The fraction of sp³-hybridized carbons (Fsp3) is 0.103. The van der Waals surface area contributed by atoms with E-state index in [4.69, 9.17) is 23.2 Å². The third kappa shape index (κ3) is 6.12. The largest absolute Gasteiger partial charge is 0.339 e. The van der Waals surface area contributed by atoms with Gasteiger partial charge in [-0.15, -0.1) is 0 Å². The molecule has 8 nitrogen and oxygen atoms in total. The number of aromatic nitrogens is 2. The van der Waals surface area contributed by atoms with Gasteiger partial charge in [-0.3, -0.25) is 19.5 Å². The summed E-state index contributed by atoms with van der Waals surface area (Å²) in [6, 6.07) is 21.1. The van der Waals surface area contributed by atoms with Crippen LogP contribution in [0.1, 0.15) is 44.8 Å². The van der Waals surface area contributed by atoms with E-state index in [-0.39, 0.29) is 27.5 Å². The molecule has 40 heavy (non-hydrogen) atoms. The third-order valence-corrected chi connectivity index (χ3v) is 7.48. The first kappa shape index (κ1) is 27.6. The maximum Gasteiger partial charge on any atom is 0.271 e. The molecule has 1 aromatic heterocycles. The van der Waals surface area contributed by atoms with Gasteiger partial charge in [0.2, 0.25) is 5.91 Å². The van der Waals surface area contributed by atoms with Gasteiger partial charge in [-0.1, -0.05) is 77.8 Å². The maximum atomic E-state index is 13.3. The molecular formula is C29H22BrCl2N5O3. The predicted molar refractivity (Wildman–Crippen MR) is 160 cm³/mol. The smallest absolute Gasteiger partial charge is 0.271 e. The summed E-state index contributed by atoms with van der Waals surface area (Å²) in [6.45, 7) is 0. The second kappa shape index (κ2) is 12.1. The summed E-state index contributed by atoms with van der Waals surface area (Å²) in [5.41, 5.74) is 3.85. The van der Waals surface area contributed by atoms with Crippen LogP contribution in [0.4, 0.5) is 11.5 Å². The van der Waals surface area contributed by atoms with Gasteiger partial charge in [-0.2, -0.15) is 5.10 Å². The fourth-order valence-corrected chi connectivity index (χ4v) is 5.35. The summed E-state index contributed by atoms with van der Waals surface area (Å²) in [7, 11) is 0. The number of nitrogens with zero attached hydrogens (tertiary/aromatic N) is 1. The van der Waals surface area contributed by atoms with Crippen LogP contribution in [-0.2, 0) is 4.79 Å². The molecule has 1 atom stereocenters. The van der Waals surface area contributed by atoms with Gasteiger partial charge in [0.1, 0.15) is 11.7 Å². The Morgan fingerprint density at radius 1 is 0.950 bits per heavy atom. The van der Waals surface area contributed by atoms with Crippen LogP contribution >= 0.6 is 39.1 Å². The maximum absolute atomic E-state index is 13.3. The number of allylic oxidation sites excluding steroid dienone is 1. The molecule has 0 radical (unpaired) electrons. The highest BCUT2D eigenvalue weighted by Gasteiger charge is 2.27. The van der Waals surface area contributed by atoms with Crippen LogP contribution in [0.2, 0.25) is 10.0 Å². The summed E-state index contributed by atoms with van der Waals surface area (Å²) in [5, 5.41) is 15.7. The zero-order valence-corrected chi connectivity index (χ0v) is 23.9. The van der Waals surface area contributed by atoms with Crippen LogP contribution in [0.5, 0.6) is 0 Å². The topological polar surface area (TPSA) is 116 Å². The summed E-state index contributed by atoms with van der Waals surface area (Å²) >= 11 is 15.3. The third-order valence-electron chi connectivity index (χ3n) is 6.28. The van der Waals surface area contributed by atoms with E-state index in [9.17, 15) is 14.4 Å². The number of carbonyl (C=O) groups is 3. The summed E-state index contributed by atoms with van der Waals surface area (Å²) in [5.74, 6) is -1.33. The molecule has 3 aromatic carbocycles. The van der Waals surface area contributed by atoms with Crippen molar-refractivity contribution in [3.05, 3.63) is 116 Å². The predicted octanol–water partition coefficient (Wildman–Crippen LogP) is 6.69. The highest BCUT2D eigenvalue weighted by Crippen LogP contribution is 2.32. The molecule has 0 saturated heterocycles. The van der Waals surface area contributed by atoms with E-state index < -0.39 is 17.9 Å². The number of rotatable bonds is 5. The molecule has 0 saturated carbocycles. The van der Waals surface area contributed by atoms with Gasteiger partial charge < -0.3 is 16.0 Å². The van der Waals surface area contributed by atoms with Crippen molar-refractivity contribution in [1.82, 2.24) is 15.5 Å². The Bertz CT molecular complexity index is 1620. The minimum atomic E-state index is -0.825. The van der Waals surface area contributed by atoms with Crippen molar-refractivity contribution < 1.29 is 14.4 Å². The molecule has 1 unspecified atom stereocenters. The molecule has 0 fully saturated rings. The molecule has 4 N–H and O–H groups in total. The van der Waals surface area contributed by atoms with Crippen LogP contribution in [0, 0.1) is 0 Å². The van der Waals surface area contributed by atoms with Crippen molar-refractivity contribution in [2.24, 2.45) is 0 Å². The Hall–Kier alpha value is -3.92. The molecular weight excluding hydrogens is 617 g/mol. The number of nitrogens with one attached hydrogen (secondary N) is 4. The van der Waals surface area contributed by atoms with Crippen molar-refractivity contribution in [1.29, 1.82) is 0 Å². The number of aromatic amines is 1. The Morgan fingerprint density at radius 3 is 2.40 bits per heavy atom. The lowest BCUT2D eigenvalue weighted by Crippen LogP contribution is -2.44. The van der Waals surface area contributed by atoms with E-state index in [1.165, 1.54) is 18.2 Å². The number of hydrogen-bond donors (Lipinski definition) is 4. The number of para-hydroxylation sites is 1. The Balaban J connectivity index is 1.34. The molecule has 11 heteroatoms. The molecule has 202 valence electrons. The second-order valence-electron chi connectivity index (χ2n) is 9.00. The average Bonchev–Trinajstić information content (AvgIpc) is 3.32. The monoisotopic (exact) mass is 637 g/mol. The number of H-pyrrole nitrogens is 1. The molecule has 1 aliphatic heterocycles. The molecule has 1 aliphatic rings. The number of halogens is 3. The van der Waals surface area contributed by atoms with E-state index >= 15 is 0 Å². The first-order chi connectivity index (χ1) is 19.3. The van der Waals surface area contributed by atoms with Crippen molar-refractivity contribution in [2.45, 2.75) is 18.9 Å². The summed E-state index contributed by atoms with van der Waals surface area (Å²) in [6.07, 6.45) is 2.99.